The van der Waals surface area contributed by atoms with Crippen molar-refractivity contribution in [2.75, 3.05) is 39.9 Å². The first kappa shape index (κ1) is 15.4. The highest BCUT2D eigenvalue weighted by Gasteiger charge is 2.05. The fourth-order valence-electron chi connectivity index (χ4n) is 1.59. The number of hydrogen-bond donors (Lipinski definition) is 2. The number of methoxy groups -OCH3 is 1. The van der Waals surface area contributed by atoms with Gasteiger partial charge in [-0.1, -0.05) is 17.7 Å². The maximum absolute atomic E-state index is 13.4. The topological polar surface area (TPSA) is 33.3 Å². The molecule has 0 aliphatic heterocycles. The Morgan fingerprint density at radius 3 is 2.56 bits per heavy atom. The summed E-state index contributed by atoms with van der Waals surface area (Å²) in [4.78, 5) is 0. The number of halogens is 2. The van der Waals surface area contributed by atoms with E-state index in [1.54, 1.807) is 19.2 Å². The molecule has 0 aromatic heterocycles. The molecule has 2 N–H and O–H groups in total. The lowest BCUT2D eigenvalue weighted by molar-refractivity contribution is 0.199. The average Bonchev–Trinajstić information content (AvgIpc) is 2.35. The Morgan fingerprint density at radius 2 is 1.89 bits per heavy atom. The van der Waals surface area contributed by atoms with Crippen LogP contribution in [0.5, 0.6) is 0 Å². The minimum absolute atomic E-state index is 0.234. The van der Waals surface area contributed by atoms with Crippen LogP contribution in [0.1, 0.15) is 5.56 Å². The molecule has 0 bridgehead atoms. The van der Waals surface area contributed by atoms with Gasteiger partial charge < -0.3 is 15.4 Å². The zero-order valence-electron chi connectivity index (χ0n) is 10.6. The fourth-order valence-corrected chi connectivity index (χ4v) is 1.84. The van der Waals surface area contributed by atoms with E-state index < -0.39 is 0 Å². The monoisotopic (exact) mass is 274 g/mol. The summed E-state index contributed by atoms with van der Waals surface area (Å²) in [5.74, 6) is -0.234. The van der Waals surface area contributed by atoms with Crippen molar-refractivity contribution in [3.63, 3.8) is 0 Å². The zero-order valence-corrected chi connectivity index (χ0v) is 11.4. The third-order valence-electron chi connectivity index (χ3n) is 2.57. The molecule has 102 valence electrons. The van der Waals surface area contributed by atoms with Crippen LogP contribution in [0.15, 0.2) is 18.2 Å². The summed E-state index contributed by atoms with van der Waals surface area (Å²) < 4.78 is 18.3. The van der Waals surface area contributed by atoms with Gasteiger partial charge in [0.15, 0.2) is 0 Å². The van der Waals surface area contributed by atoms with Crippen molar-refractivity contribution in [3.8, 4) is 0 Å². The molecule has 1 rings (SSSR count). The molecule has 0 aliphatic carbocycles. The Hall–Kier alpha value is -0.680. The second-order valence-electron chi connectivity index (χ2n) is 3.94. The molecule has 0 atom stereocenters. The van der Waals surface area contributed by atoms with Crippen molar-refractivity contribution in [1.29, 1.82) is 0 Å². The normalized spacial score (nSPS) is 10.8. The molecular weight excluding hydrogens is 255 g/mol. The quantitative estimate of drug-likeness (QED) is 0.674. The summed E-state index contributed by atoms with van der Waals surface area (Å²) >= 11 is 5.93. The second-order valence-corrected chi connectivity index (χ2v) is 4.35. The van der Waals surface area contributed by atoms with Crippen LogP contribution >= 0.6 is 11.6 Å². The molecule has 0 heterocycles. The van der Waals surface area contributed by atoms with E-state index in [0.717, 1.165) is 19.6 Å². The minimum Gasteiger partial charge on any atom is -0.383 e. The van der Waals surface area contributed by atoms with Crippen LogP contribution in [-0.4, -0.2) is 39.9 Å². The van der Waals surface area contributed by atoms with E-state index in [0.29, 0.717) is 30.2 Å². The second kappa shape index (κ2) is 9.28. The standard InChI is InChI=1S/C13H20ClFN2O/c1-18-10-9-17-8-7-16-6-5-11-12(14)3-2-4-13(11)15/h2-4,16-17H,5-10H2,1H3. The highest BCUT2D eigenvalue weighted by atomic mass is 35.5. The first-order chi connectivity index (χ1) is 8.75. The summed E-state index contributed by atoms with van der Waals surface area (Å²) in [7, 11) is 1.68. The van der Waals surface area contributed by atoms with Crippen molar-refractivity contribution in [1.82, 2.24) is 10.6 Å². The van der Waals surface area contributed by atoms with Crippen LogP contribution in [-0.2, 0) is 11.2 Å². The molecule has 0 fully saturated rings. The Balaban J connectivity index is 2.11. The predicted molar refractivity (Wildman–Crippen MR) is 72.7 cm³/mol. The molecule has 3 nitrogen and oxygen atoms in total. The van der Waals surface area contributed by atoms with E-state index in [2.05, 4.69) is 10.6 Å². The first-order valence-corrected chi connectivity index (χ1v) is 6.46. The number of rotatable bonds is 9. The van der Waals surface area contributed by atoms with E-state index in [1.165, 1.54) is 6.07 Å². The lowest BCUT2D eigenvalue weighted by Gasteiger charge is -2.08. The zero-order chi connectivity index (χ0) is 13.2. The van der Waals surface area contributed by atoms with Gasteiger partial charge in [-0.2, -0.15) is 0 Å². The summed E-state index contributed by atoms with van der Waals surface area (Å²) in [6.45, 7) is 3.99. The average molecular weight is 275 g/mol. The van der Waals surface area contributed by atoms with Crippen LogP contribution < -0.4 is 10.6 Å². The molecule has 0 amide bonds. The van der Waals surface area contributed by atoms with Crippen LogP contribution in [0.25, 0.3) is 0 Å². The Bertz CT molecular complexity index is 330. The van der Waals surface area contributed by atoms with Gasteiger partial charge in [0.2, 0.25) is 0 Å². The summed E-state index contributed by atoms with van der Waals surface area (Å²) in [5.41, 5.74) is 0.582. The molecule has 1 aromatic carbocycles. The number of ether oxygens (including phenoxy) is 1. The van der Waals surface area contributed by atoms with Gasteiger partial charge in [0.05, 0.1) is 6.61 Å². The summed E-state index contributed by atoms with van der Waals surface area (Å²) in [6.07, 6.45) is 0.601. The molecule has 0 spiro atoms. The minimum atomic E-state index is -0.234. The van der Waals surface area contributed by atoms with Crippen LogP contribution in [0.2, 0.25) is 5.02 Å². The third kappa shape index (κ3) is 5.78. The van der Waals surface area contributed by atoms with E-state index in [9.17, 15) is 4.39 Å². The van der Waals surface area contributed by atoms with Crippen LogP contribution in [0.3, 0.4) is 0 Å². The molecule has 0 saturated carbocycles. The Morgan fingerprint density at radius 1 is 1.17 bits per heavy atom. The van der Waals surface area contributed by atoms with Gasteiger partial charge in [0, 0.05) is 37.3 Å². The van der Waals surface area contributed by atoms with Crippen molar-refractivity contribution >= 4 is 11.6 Å². The SMILES string of the molecule is COCCNCCNCCc1c(F)cccc1Cl. The third-order valence-corrected chi connectivity index (χ3v) is 2.93. The van der Waals surface area contributed by atoms with Gasteiger partial charge in [-0.15, -0.1) is 0 Å². The molecule has 0 unspecified atom stereocenters. The molecule has 1 aromatic rings. The number of hydrogen-bond acceptors (Lipinski definition) is 3. The van der Waals surface area contributed by atoms with Gasteiger partial charge in [-0.3, -0.25) is 0 Å². The van der Waals surface area contributed by atoms with E-state index in [1.807, 2.05) is 0 Å². The number of benzene rings is 1. The van der Waals surface area contributed by atoms with Gasteiger partial charge in [0.25, 0.3) is 0 Å². The molecule has 5 heteroatoms. The highest BCUT2D eigenvalue weighted by molar-refractivity contribution is 6.31. The van der Waals surface area contributed by atoms with Crippen LogP contribution in [0, 0.1) is 5.82 Å². The largest absolute Gasteiger partial charge is 0.383 e. The van der Waals surface area contributed by atoms with Gasteiger partial charge in [0.1, 0.15) is 5.82 Å². The van der Waals surface area contributed by atoms with E-state index >= 15 is 0 Å². The van der Waals surface area contributed by atoms with Crippen molar-refractivity contribution in [2.45, 2.75) is 6.42 Å². The maximum atomic E-state index is 13.4. The Labute approximate surface area is 113 Å². The molecule has 0 aliphatic rings. The van der Waals surface area contributed by atoms with Gasteiger partial charge in [-0.05, 0) is 25.1 Å². The van der Waals surface area contributed by atoms with Crippen molar-refractivity contribution < 1.29 is 9.13 Å². The highest BCUT2D eigenvalue weighted by Crippen LogP contribution is 2.18. The number of nitrogens with one attached hydrogen (secondary N) is 2. The first-order valence-electron chi connectivity index (χ1n) is 6.09. The van der Waals surface area contributed by atoms with Crippen molar-refractivity contribution in [3.05, 3.63) is 34.6 Å². The summed E-state index contributed by atoms with van der Waals surface area (Å²) in [6, 6.07) is 4.77. The van der Waals surface area contributed by atoms with Gasteiger partial charge in [-0.25, -0.2) is 4.39 Å². The molecule has 18 heavy (non-hydrogen) atoms. The van der Waals surface area contributed by atoms with Gasteiger partial charge >= 0.3 is 0 Å². The lowest BCUT2D eigenvalue weighted by atomic mass is 10.1. The molecule has 0 saturated heterocycles. The van der Waals surface area contributed by atoms with Crippen LogP contribution in [0.4, 0.5) is 4.39 Å². The van der Waals surface area contributed by atoms with E-state index in [-0.39, 0.29) is 5.82 Å². The lowest BCUT2D eigenvalue weighted by Crippen LogP contribution is -2.30. The fraction of sp³-hybridized carbons (Fsp3) is 0.538. The molecular formula is C13H20ClFN2O. The maximum Gasteiger partial charge on any atom is 0.127 e. The van der Waals surface area contributed by atoms with E-state index in [4.69, 9.17) is 16.3 Å². The predicted octanol–water partition coefficient (Wildman–Crippen LogP) is 1.85. The smallest absolute Gasteiger partial charge is 0.127 e. The van der Waals surface area contributed by atoms with Crippen molar-refractivity contribution in [2.24, 2.45) is 0 Å². The molecule has 0 radical (unpaired) electrons. The Kier molecular flexibility index (Phi) is 7.93. The summed E-state index contributed by atoms with van der Waals surface area (Å²) in [5, 5.41) is 6.95.